The van der Waals surface area contributed by atoms with E-state index in [1.54, 1.807) is 6.07 Å². The zero-order valence-electron chi connectivity index (χ0n) is 8.62. The van der Waals surface area contributed by atoms with Gasteiger partial charge in [0.05, 0.1) is 0 Å². The van der Waals surface area contributed by atoms with E-state index in [2.05, 4.69) is 5.32 Å². The largest absolute Gasteiger partial charge is 0.300 e. The van der Waals surface area contributed by atoms with Crippen molar-refractivity contribution in [3.8, 4) is 0 Å². The second kappa shape index (κ2) is 5.15. The Kier molecular flexibility index (Phi) is 3.82. The van der Waals surface area contributed by atoms with Crippen LogP contribution in [0.3, 0.4) is 0 Å². The van der Waals surface area contributed by atoms with Crippen molar-refractivity contribution in [2.45, 2.75) is 12.7 Å². The Hall–Kier alpha value is -0.610. The molecule has 86 valence electrons. The molecule has 16 heavy (non-hydrogen) atoms. The van der Waals surface area contributed by atoms with Crippen LogP contribution in [0.5, 0.6) is 0 Å². The lowest BCUT2D eigenvalue weighted by atomic mass is 10.2. The molecule has 0 aliphatic carbocycles. The van der Waals surface area contributed by atoms with Crippen LogP contribution in [0.25, 0.3) is 0 Å². The SMILES string of the molecule is O=CC1NCCN1Cc1ccc(Cl)cc1Cl. The minimum Gasteiger partial charge on any atom is -0.300 e. The summed E-state index contributed by atoms with van der Waals surface area (Å²) in [6, 6.07) is 5.42. The van der Waals surface area contributed by atoms with Gasteiger partial charge in [-0.25, -0.2) is 0 Å². The quantitative estimate of drug-likeness (QED) is 0.842. The summed E-state index contributed by atoms with van der Waals surface area (Å²) in [6.07, 6.45) is 0.711. The van der Waals surface area contributed by atoms with Gasteiger partial charge in [0.25, 0.3) is 0 Å². The number of benzene rings is 1. The molecule has 1 aliphatic heterocycles. The average Bonchev–Trinajstić information content (AvgIpc) is 2.69. The van der Waals surface area contributed by atoms with Crippen molar-refractivity contribution in [3.63, 3.8) is 0 Å². The molecule has 5 heteroatoms. The van der Waals surface area contributed by atoms with Crippen molar-refractivity contribution in [2.24, 2.45) is 0 Å². The van der Waals surface area contributed by atoms with Crippen LogP contribution in [0.1, 0.15) is 5.56 Å². The first-order valence-corrected chi connectivity index (χ1v) is 5.83. The van der Waals surface area contributed by atoms with Crippen molar-refractivity contribution >= 4 is 29.5 Å². The highest BCUT2D eigenvalue weighted by atomic mass is 35.5. The third kappa shape index (κ3) is 2.55. The van der Waals surface area contributed by atoms with Gasteiger partial charge in [0.1, 0.15) is 6.17 Å². The van der Waals surface area contributed by atoms with Crippen molar-refractivity contribution in [3.05, 3.63) is 33.8 Å². The first-order chi connectivity index (χ1) is 7.70. The van der Waals surface area contributed by atoms with Crippen molar-refractivity contribution < 1.29 is 4.79 Å². The summed E-state index contributed by atoms with van der Waals surface area (Å²) in [7, 11) is 0. The van der Waals surface area contributed by atoms with Gasteiger partial charge < -0.3 is 4.79 Å². The van der Waals surface area contributed by atoms with E-state index in [0.717, 1.165) is 24.9 Å². The van der Waals surface area contributed by atoms with Crippen molar-refractivity contribution in [1.82, 2.24) is 10.2 Å². The van der Waals surface area contributed by atoms with E-state index in [0.29, 0.717) is 16.6 Å². The molecule has 0 amide bonds. The first-order valence-electron chi connectivity index (χ1n) is 5.07. The first kappa shape index (κ1) is 11.9. The van der Waals surface area contributed by atoms with Gasteiger partial charge in [0, 0.05) is 29.7 Å². The Morgan fingerprint density at radius 1 is 1.50 bits per heavy atom. The molecular weight excluding hydrogens is 247 g/mol. The lowest BCUT2D eigenvalue weighted by molar-refractivity contribution is -0.112. The standard InChI is InChI=1S/C11H12Cl2N2O/c12-9-2-1-8(10(13)5-9)6-15-4-3-14-11(15)7-16/h1-2,5,7,11,14H,3-4,6H2. The number of nitrogens with zero attached hydrogens (tertiary/aromatic N) is 1. The predicted molar refractivity (Wildman–Crippen MR) is 64.7 cm³/mol. The molecule has 1 fully saturated rings. The molecule has 1 unspecified atom stereocenters. The second-order valence-corrected chi connectivity index (χ2v) is 4.58. The molecule has 0 aromatic heterocycles. The molecule has 3 nitrogen and oxygen atoms in total. The number of carbonyl (C=O) groups excluding carboxylic acids is 1. The van der Waals surface area contributed by atoms with E-state index in [9.17, 15) is 4.79 Å². The Bertz CT molecular complexity index is 398. The average molecular weight is 259 g/mol. The minimum atomic E-state index is -0.202. The lowest BCUT2D eigenvalue weighted by Gasteiger charge is -2.19. The van der Waals surface area contributed by atoms with Crippen LogP contribution in [0.2, 0.25) is 10.0 Å². The molecule has 0 spiro atoms. The molecule has 1 atom stereocenters. The Balaban J connectivity index is 2.11. The maximum absolute atomic E-state index is 10.8. The third-order valence-corrected chi connectivity index (χ3v) is 3.25. The summed E-state index contributed by atoms with van der Waals surface area (Å²) in [4.78, 5) is 12.8. The van der Waals surface area contributed by atoms with Gasteiger partial charge >= 0.3 is 0 Å². The minimum absolute atomic E-state index is 0.202. The van der Waals surface area contributed by atoms with Crippen LogP contribution >= 0.6 is 23.2 Å². The van der Waals surface area contributed by atoms with Gasteiger partial charge in [-0.1, -0.05) is 29.3 Å². The van der Waals surface area contributed by atoms with E-state index in [4.69, 9.17) is 23.2 Å². The highest BCUT2D eigenvalue weighted by molar-refractivity contribution is 6.35. The van der Waals surface area contributed by atoms with Crippen molar-refractivity contribution in [1.29, 1.82) is 0 Å². The number of hydrogen-bond donors (Lipinski definition) is 1. The predicted octanol–water partition coefficient (Wildman–Crippen LogP) is 1.92. The maximum atomic E-state index is 10.8. The van der Waals surface area contributed by atoms with Gasteiger partial charge in [-0.3, -0.25) is 10.2 Å². The maximum Gasteiger partial charge on any atom is 0.151 e. The summed E-state index contributed by atoms with van der Waals surface area (Å²) < 4.78 is 0. The summed E-state index contributed by atoms with van der Waals surface area (Å²) >= 11 is 11.9. The number of aldehydes is 1. The fourth-order valence-corrected chi connectivity index (χ4v) is 2.27. The molecule has 1 aromatic carbocycles. The molecule has 2 rings (SSSR count). The van der Waals surface area contributed by atoms with E-state index in [1.165, 1.54) is 0 Å². The van der Waals surface area contributed by atoms with Gasteiger partial charge in [-0.05, 0) is 17.7 Å². The Labute approximate surface area is 104 Å². The van der Waals surface area contributed by atoms with Crippen LogP contribution in [0, 0.1) is 0 Å². The highest BCUT2D eigenvalue weighted by Crippen LogP contribution is 2.23. The molecule has 1 aliphatic rings. The molecule has 1 saturated heterocycles. The van der Waals surface area contributed by atoms with Crippen LogP contribution in [-0.2, 0) is 11.3 Å². The van der Waals surface area contributed by atoms with Gasteiger partial charge in [-0.2, -0.15) is 0 Å². The van der Waals surface area contributed by atoms with E-state index < -0.39 is 0 Å². The molecule has 1 aromatic rings. The zero-order valence-corrected chi connectivity index (χ0v) is 10.1. The summed E-state index contributed by atoms with van der Waals surface area (Å²) in [5, 5.41) is 4.36. The van der Waals surface area contributed by atoms with E-state index in [1.807, 2.05) is 17.0 Å². The summed E-state index contributed by atoms with van der Waals surface area (Å²) in [5.74, 6) is 0. The van der Waals surface area contributed by atoms with E-state index >= 15 is 0 Å². The summed E-state index contributed by atoms with van der Waals surface area (Å²) in [6.45, 7) is 2.34. The lowest BCUT2D eigenvalue weighted by Crippen LogP contribution is -2.36. The second-order valence-electron chi connectivity index (χ2n) is 3.74. The van der Waals surface area contributed by atoms with E-state index in [-0.39, 0.29) is 6.17 Å². The van der Waals surface area contributed by atoms with Crippen LogP contribution in [0.15, 0.2) is 18.2 Å². The molecule has 0 radical (unpaired) electrons. The molecule has 0 saturated carbocycles. The number of halogens is 2. The summed E-state index contributed by atoms with van der Waals surface area (Å²) in [5.41, 5.74) is 0.988. The smallest absolute Gasteiger partial charge is 0.151 e. The number of hydrogen-bond acceptors (Lipinski definition) is 3. The number of carbonyl (C=O) groups is 1. The van der Waals surface area contributed by atoms with Crippen LogP contribution in [-0.4, -0.2) is 30.4 Å². The number of rotatable bonds is 3. The Morgan fingerprint density at radius 3 is 3.00 bits per heavy atom. The Morgan fingerprint density at radius 2 is 2.31 bits per heavy atom. The fourth-order valence-electron chi connectivity index (χ4n) is 1.80. The highest BCUT2D eigenvalue weighted by Gasteiger charge is 2.23. The molecule has 0 bridgehead atoms. The van der Waals surface area contributed by atoms with Gasteiger partial charge in [-0.15, -0.1) is 0 Å². The topological polar surface area (TPSA) is 32.3 Å². The zero-order chi connectivity index (χ0) is 11.5. The third-order valence-electron chi connectivity index (χ3n) is 2.66. The fraction of sp³-hybridized carbons (Fsp3) is 0.364. The molecule has 1 N–H and O–H groups in total. The van der Waals surface area contributed by atoms with Crippen molar-refractivity contribution in [2.75, 3.05) is 13.1 Å². The number of nitrogens with one attached hydrogen (secondary N) is 1. The molecular formula is C11H12Cl2N2O. The monoisotopic (exact) mass is 258 g/mol. The van der Waals surface area contributed by atoms with Gasteiger partial charge in [0.15, 0.2) is 6.29 Å². The van der Waals surface area contributed by atoms with Gasteiger partial charge in [0.2, 0.25) is 0 Å². The van der Waals surface area contributed by atoms with Crippen LogP contribution < -0.4 is 5.32 Å². The normalized spacial score (nSPS) is 21.2. The van der Waals surface area contributed by atoms with Crippen LogP contribution in [0.4, 0.5) is 0 Å². The molecule has 1 heterocycles.